The van der Waals surface area contributed by atoms with E-state index in [2.05, 4.69) is 10.3 Å². The highest BCUT2D eigenvalue weighted by Gasteiger charge is 2.10. The average molecular weight is 224 g/mol. The van der Waals surface area contributed by atoms with E-state index in [4.69, 9.17) is 9.84 Å². The van der Waals surface area contributed by atoms with Crippen LogP contribution in [-0.2, 0) is 4.74 Å². The molecule has 5 nitrogen and oxygen atoms in total. The van der Waals surface area contributed by atoms with Gasteiger partial charge in [-0.15, -0.1) is 0 Å². The molecule has 1 aromatic rings. The Hall–Kier alpha value is -1.62. The smallest absolute Gasteiger partial charge is 0.339 e. The standard InChI is InChI=1S/C11H16N2O3/c1-8(7-16-2)6-13-10-9(11(14)15)4-3-5-12-10/h3-5,8H,6-7H2,1-2H3,(H,12,13)(H,14,15). The molecule has 0 aliphatic rings. The lowest BCUT2D eigenvalue weighted by Gasteiger charge is -2.13. The number of carboxylic acid groups (broad SMARTS) is 1. The Labute approximate surface area is 94.5 Å². The summed E-state index contributed by atoms with van der Waals surface area (Å²) in [4.78, 5) is 14.9. The Morgan fingerprint density at radius 1 is 1.69 bits per heavy atom. The SMILES string of the molecule is COCC(C)CNc1ncccc1C(=O)O. The van der Waals surface area contributed by atoms with Crippen LogP contribution in [0.3, 0.4) is 0 Å². The number of aromatic carboxylic acids is 1. The molecule has 0 saturated carbocycles. The molecule has 1 unspecified atom stereocenters. The predicted octanol–water partition coefficient (Wildman–Crippen LogP) is 1.47. The Kier molecular flexibility index (Phi) is 4.72. The molecule has 2 N–H and O–H groups in total. The second-order valence-corrected chi connectivity index (χ2v) is 3.65. The van der Waals surface area contributed by atoms with Gasteiger partial charge in [-0.3, -0.25) is 0 Å². The number of ether oxygens (including phenoxy) is 1. The van der Waals surface area contributed by atoms with Gasteiger partial charge in [-0.25, -0.2) is 9.78 Å². The van der Waals surface area contributed by atoms with E-state index >= 15 is 0 Å². The summed E-state index contributed by atoms with van der Waals surface area (Å²) in [6, 6.07) is 3.13. The van der Waals surface area contributed by atoms with Crippen LogP contribution in [0.25, 0.3) is 0 Å². The highest BCUT2D eigenvalue weighted by molar-refractivity contribution is 5.92. The molecule has 1 atom stereocenters. The fourth-order valence-corrected chi connectivity index (χ4v) is 1.33. The monoisotopic (exact) mass is 224 g/mol. The van der Waals surface area contributed by atoms with Gasteiger partial charge in [0.2, 0.25) is 0 Å². The first-order valence-electron chi connectivity index (χ1n) is 5.06. The summed E-state index contributed by atoms with van der Waals surface area (Å²) in [6.07, 6.45) is 1.57. The number of nitrogens with one attached hydrogen (secondary N) is 1. The quantitative estimate of drug-likeness (QED) is 0.765. The van der Waals surface area contributed by atoms with E-state index in [0.717, 1.165) is 0 Å². The van der Waals surface area contributed by atoms with Gasteiger partial charge in [0.15, 0.2) is 0 Å². The molecule has 5 heteroatoms. The number of carbonyl (C=O) groups is 1. The third kappa shape index (κ3) is 3.51. The Balaban J connectivity index is 2.63. The molecule has 0 spiro atoms. The van der Waals surface area contributed by atoms with Gasteiger partial charge >= 0.3 is 5.97 Å². The van der Waals surface area contributed by atoms with Crippen LogP contribution in [-0.4, -0.2) is 36.3 Å². The lowest BCUT2D eigenvalue weighted by atomic mass is 10.2. The summed E-state index contributed by atoms with van der Waals surface area (Å²) >= 11 is 0. The Morgan fingerprint density at radius 3 is 3.06 bits per heavy atom. The molecular formula is C11H16N2O3. The molecule has 1 aromatic heterocycles. The van der Waals surface area contributed by atoms with Crippen LogP contribution in [0.5, 0.6) is 0 Å². The molecule has 88 valence electrons. The summed E-state index contributed by atoms with van der Waals surface area (Å²) < 4.78 is 4.99. The van der Waals surface area contributed by atoms with Crippen molar-refractivity contribution in [3.05, 3.63) is 23.9 Å². The third-order valence-corrected chi connectivity index (χ3v) is 2.11. The first-order chi connectivity index (χ1) is 7.65. The minimum Gasteiger partial charge on any atom is -0.478 e. The number of carboxylic acids is 1. The lowest BCUT2D eigenvalue weighted by Crippen LogP contribution is -2.18. The van der Waals surface area contributed by atoms with Gasteiger partial charge < -0.3 is 15.2 Å². The van der Waals surface area contributed by atoms with Crippen molar-refractivity contribution in [1.82, 2.24) is 4.98 Å². The first kappa shape index (κ1) is 12.4. The summed E-state index contributed by atoms with van der Waals surface area (Å²) in [6.45, 7) is 3.27. The molecule has 1 rings (SSSR count). The van der Waals surface area contributed by atoms with Crippen molar-refractivity contribution < 1.29 is 14.6 Å². The van der Waals surface area contributed by atoms with Gasteiger partial charge in [0.1, 0.15) is 11.4 Å². The van der Waals surface area contributed by atoms with Crippen LogP contribution in [0.4, 0.5) is 5.82 Å². The molecule has 0 saturated heterocycles. The van der Waals surface area contributed by atoms with Crippen LogP contribution in [0.2, 0.25) is 0 Å². The van der Waals surface area contributed by atoms with E-state index in [1.807, 2.05) is 6.92 Å². The van der Waals surface area contributed by atoms with Gasteiger partial charge in [0, 0.05) is 19.9 Å². The van der Waals surface area contributed by atoms with Gasteiger partial charge in [-0.1, -0.05) is 6.92 Å². The predicted molar refractivity (Wildman–Crippen MR) is 60.7 cm³/mol. The van der Waals surface area contributed by atoms with Crippen molar-refractivity contribution in [2.75, 3.05) is 25.6 Å². The number of pyridine rings is 1. The van der Waals surface area contributed by atoms with Crippen molar-refractivity contribution in [3.8, 4) is 0 Å². The Bertz CT molecular complexity index is 355. The van der Waals surface area contributed by atoms with Crippen LogP contribution < -0.4 is 5.32 Å². The molecule has 1 heterocycles. The number of hydrogen-bond acceptors (Lipinski definition) is 4. The molecular weight excluding hydrogens is 208 g/mol. The second-order valence-electron chi connectivity index (χ2n) is 3.65. The first-order valence-corrected chi connectivity index (χ1v) is 5.06. The van der Waals surface area contributed by atoms with E-state index in [1.165, 1.54) is 6.07 Å². The van der Waals surface area contributed by atoms with Crippen LogP contribution in [0.15, 0.2) is 18.3 Å². The van der Waals surface area contributed by atoms with E-state index < -0.39 is 5.97 Å². The fourth-order valence-electron chi connectivity index (χ4n) is 1.33. The molecule has 16 heavy (non-hydrogen) atoms. The largest absolute Gasteiger partial charge is 0.478 e. The molecule has 0 aliphatic carbocycles. The van der Waals surface area contributed by atoms with Crippen molar-refractivity contribution in [2.45, 2.75) is 6.92 Å². The molecule has 0 aromatic carbocycles. The normalized spacial score (nSPS) is 12.1. The number of rotatable bonds is 6. The number of nitrogens with zero attached hydrogens (tertiary/aromatic N) is 1. The minimum atomic E-state index is -0.977. The summed E-state index contributed by atoms with van der Waals surface area (Å²) in [5, 5.41) is 11.9. The zero-order chi connectivity index (χ0) is 12.0. The van der Waals surface area contributed by atoms with Crippen LogP contribution in [0.1, 0.15) is 17.3 Å². The molecule has 0 fully saturated rings. The van der Waals surface area contributed by atoms with Crippen molar-refractivity contribution in [1.29, 1.82) is 0 Å². The molecule has 0 amide bonds. The number of methoxy groups -OCH3 is 1. The topological polar surface area (TPSA) is 71.5 Å². The maximum Gasteiger partial charge on any atom is 0.339 e. The van der Waals surface area contributed by atoms with Gasteiger partial charge in [-0.05, 0) is 18.1 Å². The highest BCUT2D eigenvalue weighted by atomic mass is 16.5. The molecule has 0 radical (unpaired) electrons. The van der Waals surface area contributed by atoms with Gasteiger partial charge in [0.25, 0.3) is 0 Å². The zero-order valence-electron chi connectivity index (χ0n) is 9.43. The van der Waals surface area contributed by atoms with Gasteiger partial charge in [-0.2, -0.15) is 0 Å². The number of aromatic nitrogens is 1. The summed E-state index contributed by atoms with van der Waals surface area (Å²) in [7, 11) is 1.64. The van der Waals surface area contributed by atoms with Crippen molar-refractivity contribution >= 4 is 11.8 Å². The molecule has 0 bridgehead atoms. The van der Waals surface area contributed by atoms with E-state index in [0.29, 0.717) is 24.9 Å². The second kappa shape index (κ2) is 6.07. The highest BCUT2D eigenvalue weighted by Crippen LogP contribution is 2.11. The van der Waals surface area contributed by atoms with E-state index in [1.54, 1.807) is 19.4 Å². The minimum absolute atomic E-state index is 0.187. The molecule has 0 aliphatic heterocycles. The van der Waals surface area contributed by atoms with Crippen molar-refractivity contribution in [3.63, 3.8) is 0 Å². The van der Waals surface area contributed by atoms with Crippen LogP contribution >= 0.6 is 0 Å². The zero-order valence-corrected chi connectivity index (χ0v) is 9.43. The van der Waals surface area contributed by atoms with Gasteiger partial charge in [0.05, 0.1) is 6.61 Å². The fraction of sp³-hybridized carbons (Fsp3) is 0.455. The van der Waals surface area contributed by atoms with E-state index in [-0.39, 0.29) is 5.56 Å². The third-order valence-electron chi connectivity index (χ3n) is 2.11. The Morgan fingerprint density at radius 2 is 2.44 bits per heavy atom. The summed E-state index contributed by atoms with van der Waals surface area (Å²) in [5.74, 6) is -0.276. The van der Waals surface area contributed by atoms with Crippen LogP contribution in [0, 0.1) is 5.92 Å². The maximum absolute atomic E-state index is 10.9. The average Bonchev–Trinajstić information content (AvgIpc) is 2.27. The van der Waals surface area contributed by atoms with E-state index in [9.17, 15) is 4.79 Å². The maximum atomic E-state index is 10.9. The number of anilines is 1. The lowest BCUT2D eigenvalue weighted by molar-refractivity contribution is 0.0697. The number of hydrogen-bond donors (Lipinski definition) is 2. The van der Waals surface area contributed by atoms with Crippen molar-refractivity contribution in [2.24, 2.45) is 5.92 Å². The summed E-state index contributed by atoms with van der Waals surface area (Å²) in [5.41, 5.74) is 0.187.